The number of nitrogens with zero attached hydrogens (tertiary/aromatic N) is 2. The van der Waals surface area contributed by atoms with Crippen molar-refractivity contribution in [2.24, 2.45) is 5.92 Å². The second kappa shape index (κ2) is 10.3. The molecule has 1 amide bonds. The van der Waals surface area contributed by atoms with Gasteiger partial charge in [0.1, 0.15) is 11.5 Å². The number of likely N-dealkylation sites (tertiary alicyclic amines) is 1. The first-order valence-corrected chi connectivity index (χ1v) is 11.8. The van der Waals surface area contributed by atoms with Gasteiger partial charge in [-0.15, -0.1) is 0 Å². The molecule has 6 nitrogen and oxygen atoms in total. The summed E-state index contributed by atoms with van der Waals surface area (Å²) in [5.41, 5.74) is 2.75. The molecule has 0 aliphatic carbocycles. The molecule has 1 saturated heterocycles. The molecule has 3 aromatic rings. The van der Waals surface area contributed by atoms with Crippen LogP contribution in [0, 0.1) is 12.8 Å². The maximum absolute atomic E-state index is 13.2. The number of ketones is 1. The van der Waals surface area contributed by atoms with E-state index in [-0.39, 0.29) is 17.9 Å². The summed E-state index contributed by atoms with van der Waals surface area (Å²) in [5.74, 6) is -0.553. The number of aliphatic hydroxyl groups is 1. The van der Waals surface area contributed by atoms with Crippen molar-refractivity contribution in [3.05, 3.63) is 99.8 Å². The lowest BCUT2D eigenvalue weighted by atomic mass is 9.94. The number of pyridine rings is 1. The van der Waals surface area contributed by atoms with E-state index in [9.17, 15) is 14.7 Å². The van der Waals surface area contributed by atoms with Gasteiger partial charge in [-0.25, -0.2) is 0 Å². The third kappa shape index (κ3) is 5.23. The van der Waals surface area contributed by atoms with E-state index in [1.165, 1.54) is 4.90 Å². The zero-order valence-corrected chi connectivity index (χ0v) is 20.6. The number of Topliss-reactive ketones (excluding diaryl/α,β-unsaturated/α-hetero) is 1. The van der Waals surface area contributed by atoms with E-state index in [1.54, 1.807) is 60.9 Å². The minimum Gasteiger partial charge on any atom is -0.507 e. The molecule has 1 aliphatic heterocycles. The highest BCUT2D eigenvalue weighted by molar-refractivity contribution is 6.46. The molecule has 0 saturated carbocycles. The van der Waals surface area contributed by atoms with Crippen LogP contribution in [0.4, 0.5) is 0 Å². The molecule has 0 bridgehead atoms. The second-order valence-corrected chi connectivity index (χ2v) is 9.46. The van der Waals surface area contributed by atoms with Crippen LogP contribution in [0.2, 0.25) is 5.02 Å². The zero-order chi connectivity index (χ0) is 25.1. The Morgan fingerprint density at radius 2 is 1.89 bits per heavy atom. The second-order valence-electron chi connectivity index (χ2n) is 9.02. The first-order valence-electron chi connectivity index (χ1n) is 11.4. The number of halogens is 1. The van der Waals surface area contributed by atoms with Crippen LogP contribution in [0.25, 0.3) is 5.76 Å². The van der Waals surface area contributed by atoms with Crippen molar-refractivity contribution in [3.8, 4) is 5.75 Å². The minimum absolute atomic E-state index is 0.0384. The molecule has 0 spiro atoms. The van der Waals surface area contributed by atoms with Crippen LogP contribution in [-0.2, 0) is 16.1 Å². The Balaban J connectivity index is 1.78. The molecule has 1 atom stereocenters. The number of rotatable bonds is 7. The van der Waals surface area contributed by atoms with Gasteiger partial charge in [0.15, 0.2) is 0 Å². The standard InChI is InChI=1S/C28H27ClN2O4/c1-17(2)16-35-23-11-8-21(13-18(23)3)26(32)24-25(20-6-9-22(29)10-7-20)31(28(34)27(24)33)15-19-5-4-12-30-14-19/h4-14,17,25,32H,15-16H2,1-3H3/t25-/m0/s1. The number of benzene rings is 2. The van der Waals surface area contributed by atoms with Crippen molar-refractivity contribution in [1.29, 1.82) is 0 Å². The van der Waals surface area contributed by atoms with Crippen LogP contribution in [0.3, 0.4) is 0 Å². The summed E-state index contributed by atoms with van der Waals surface area (Å²) in [6.07, 6.45) is 3.29. The van der Waals surface area contributed by atoms with Crippen molar-refractivity contribution >= 4 is 29.1 Å². The topological polar surface area (TPSA) is 79.7 Å². The number of aryl methyl sites for hydroxylation is 1. The molecule has 35 heavy (non-hydrogen) atoms. The van der Waals surface area contributed by atoms with E-state index in [0.717, 1.165) is 11.1 Å². The molecule has 7 heteroatoms. The van der Waals surface area contributed by atoms with E-state index in [0.29, 0.717) is 34.4 Å². The van der Waals surface area contributed by atoms with Gasteiger partial charge in [-0.1, -0.05) is 43.6 Å². The third-order valence-corrected chi connectivity index (χ3v) is 6.07. The number of hydrogen-bond acceptors (Lipinski definition) is 5. The molecule has 0 unspecified atom stereocenters. The fraction of sp³-hybridized carbons (Fsp3) is 0.250. The van der Waals surface area contributed by atoms with Gasteiger partial charge in [-0.2, -0.15) is 0 Å². The quantitative estimate of drug-likeness (QED) is 0.261. The lowest BCUT2D eigenvalue weighted by molar-refractivity contribution is -0.140. The summed E-state index contributed by atoms with van der Waals surface area (Å²) >= 11 is 6.09. The maximum Gasteiger partial charge on any atom is 0.295 e. The average molecular weight is 491 g/mol. The van der Waals surface area contributed by atoms with Crippen LogP contribution in [0.5, 0.6) is 5.75 Å². The Hall–Kier alpha value is -3.64. The molecule has 2 heterocycles. The van der Waals surface area contributed by atoms with Crippen LogP contribution < -0.4 is 4.74 Å². The Morgan fingerprint density at radius 1 is 1.14 bits per heavy atom. The summed E-state index contributed by atoms with van der Waals surface area (Å²) in [7, 11) is 0. The number of carbonyl (C=O) groups is 2. The van der Waals surface area contributed by atoms with Gasteiger partial charge in [0.05, 0.1) is 18.2 Å². The Morgan fingerprint density at radius 3 is 2.51 bits per heavy atom. The van der Waals surface area contributed by atoms with Gasteiger partial charge in [0, 0.05) is 29.5 Å². The van der Waals surface area contributed by atoms with Crippen molar-refractivity contribution in [1.82, 2.24) is 9.88 Å². The number of ether oxygens (including phenoxy) is 1. The molecule has 180 valence electrons. The van der Waals surface area contributed by atoms with E-state index in [1.807, 2.05) is 13.0 Å². The van der Waals surface area contributed by atoms with Crippen molar-refractivity contribution in [3.63, 3.8) is 0 Å². The van der Waals surface area contributed by atoms with Crippen molar-refractivity contribution in [2.45, 2.75) is 33.4 Å². The summed E-state index contributed by atoms with van der Waals surface area (Å²) < 4.78 is 5.84. The monoisotopic (exact) mass is 490 g/mol. The van der Waals surface area contributed by atoms with Crippen molar-refractivity contribution in [2.75, 3.05) is 6.61 Å². The Labute approximate surface area is 209 Å². The van der Waals surface area contributed by atoms with Gasteiger partial charge < -0.3 is 14.7 Å². The molecule has 4 rings (SSSR count). The molecule has 1 fully saturated rings. The van der Waals surface area contributed by atoms with Crippen LogP contribution >= 0.6 is 11.6 Å². The minimum atomic E-state index is -0.773. The van der Waals surface area contributed by atoms with Crippen molar-refractivity contribution < 1.29 is 19.4 Å². The highest BCUT2D eigenvalue weighted by Crippen LogP contribution is 2.41. The van der Waals surface area contributed by atoms with Crippen LogP contribution in [-0.4, -0.2) is 33.3 Å². The van der Waals surface area contributed by atoms with Crippen LogP contribution in [0.1, 0.15) is 42.1 Å². The van der Waals surface area contributed by atoms with E-state index in [4.69, 9.17) is 16.3 Å². The molecule has 1 aliphatic rings. The summed E-state index contributed by atoms with van der Waals surface area (Å²) in [6, 6.07) is 15.0. The lowest BCUT2D eigenvalue weighted by Gasteiger charge is -2.25. The van der Waals surface area contributed by atoms with Gasteiger partial charge in [0.25, 0.3) is 11.7 Å². The molecular weight excluding hydrogens is 464 g/mol. The normalized spacial score (nSPS) is 17.3. The predicted molar refractivity (Wildman–Crippen MR) is 135 cm³/mol. The van der Waals surface area contributed by atoms with Gasteiger partial charge in [0.2, 0.25) is 0 Å². The number of carbonyl (C=O) groups excluding carboxylic acids is 2. The number of aliphatic hydroxyl groups excluding tert-OH is 1. The largest absolute Gasteiger partial charge is 0.507 e. The van der Waals surface area contributed by atoms with E-state index < -0.39 is 17.7 Å². The zero-order valence-electron chi connectivity index (χ0n) is 19.9. The summed E-state index contributed by atoms with van der Waals surface area (Å²) in [5, 5.41) is 11.8. The smallest absolute Gasteiger partial charge is 0.295 e. The third-order valence-electron chi connectivity index (χ3n) is 5.82. The first-order chi connectivity index (χ1) is 16.8. The maximum atomic E-state index is 13.2. The summed E-state index contributed by atoms with van der Waals surface area (Å²) in [6.45, 7) is 6.75. The molecular formula is C28H27ClN2O4. The van der Waals surface area contributed by atoms with E-state index >= 15 is 0 Å². The number of aromatic nitrogens is 1. The Bertz CT molecular complexity index is 1270. The van der Waals surface area contributed by atoms with Crippen LogP contribution in [0.15, 0.2) is 72.6 Å². The fourth-order valence-corrected chi connectivity index (χ4v) is 4.22. The SMILES string of the molecule is Cc1cc(C(O)=C2C(=O)C(=O)N(Cc3cccnc3)[C@H]2c2ccc(Cl)cc2)ccc1OCC(C)C. The predicted octanol–water partition coefficient (Wildman–Crippen LogP) is 5.70. The first kappa shape index (κ1) is 24.5. The van der Waals surface area contributed by atoms with Gasteiger partial charge in [-0.3, -0.25) is 14.6 Å². The average Bonchev–Trinajstić information content (AvgIpc) is 3.09. The molecule has 2 aromatic carbocycles. The Kier molecular flexibility index (Phi) is 7.22. The lowest BCUT2D eigenvalue weighted by Crippen LogP contribution is -2.29. The molecule has 1 aromatic heterocycles. The van der Waals surface area contributed by atoms with Gasteiger partial charge >= 0.3 is 0 Å². The number of amides is 1. The summed E-state index contributed by atoms with van der Waals surface area (Å²) in [4.78, 5) is 31.9. The van der Waals surface area contributed by atoms with E-state index in [2.05, 4.69) is 18.8 Å². The molecule has 1 N–H and O–H groups in total. The highest BCUT2D eigenvalue weighted by atomic mass is 35.5. The number of hydrogen-bond donors (Lipinski definition) is 1. The highest BCUT2D eigenvalue weighted by Gasteiger charge is 2.46. The van der Waals surface area contributed by atoms with Gasteiger partial charge in [-0.05, 0) is 65.9 Å². The fourth-order valence-electron chi connectivity index (χ4n) is 4.09. The molecule has 0 radical (unpaired) electrons.